The molecule has 1 fully saturated rings. The molecule has 1 atom stereocenters. The van der Waals surface area contributed by atoms with Crippen molar-refractivity contribution in [2.45, 2.75) is 22.5 Å². The van der Waals surface area contributed by atoms with Crippen LogP contribution in [0, 0.1) is 5.82 Å². The Hall–Kier alpha value is -3.37. The molecule has 0 saturated carbocycles. The van der Waals surface area contributed by atoms with Crippen LogP contribution in [0.25, 0.3) is 0 Å². The van der Waals surface area contributed by atoms with E-state index in [9.17, 15) is 18.8 Å². The quantitative estimate of drug-likeness (QED) is 0.516. The van der Waals surface area contributed by atoms with E-state index in [0.717, 1.165) is 4.90 Å². The largest absolute Gasteiger partial charge is 0.329 e. The fourth-order valence-electron chi connectivity index (χ4n) is 3.39. The summed E-state index contributed by atoms with van der Waals surface area (Å²) in [5, 5.41) is 6.43. The Morgan fingerprint density at radius 2 is 1.97 bits per heavy atom. The highest BCUT2D eigenvalue weighted by Crippen LogP contribution is 2.34. The smallest absolute Gasteiger partial charge is 0.325 e. The van der Waals surface area contributed by atoms with Gasteiger partial charge in [0.2, 0.25) is 5.91 Å². The van der Waals surface area contributed by atoms with E-state index in [2.05, 4.69) is 15.6 Å². The summed E-state index contributed by atoms with van der Waals surface area (Å²) >= 11 is 7.44. The van der Waals surface area contributed by atoms with Gasteiger partial charge in [0.05, 0.1) is 5.69 Å². The van der Waals surface area contributed by atoms with Gasteiger partial charge in [-0.1, -0.05) is 23.7 Å². The number of nitrogens with one attached hydrogen (secondary N) is 2. The fraction of sp³-hybridized carbons (Fsp3) is 0.182. The van der Waals surface area contributed by atoms with Gasteiger partial charge in [0.25, 0.3) is 5.91 Å². The molecule has 33 heavy (non-hydrogen) atoms. The lowest BCUT2D eigenvalue weighted by atomic mass is 9.92. The van der Waals surface area contributed by atoms with Gasteiger partial charge in [0.1, 0.15) is 17.9 Å². The topological polar surface area (TPSA) is 96.3 Å². The van der Waals surface area contributed by atoms with Crippen molar-refractivity contribution in [3.63, 3.8) is 0 Å². The predicted molar refractivity (Wildman–Crippen MR) is 121 cm³/mol. The number of benzene rings is 2. The Morgan fingerprint density at radius 3 is 2.64 bits per heavy atom. The normalized spacial score (nSPS) is 17.9. The van der Waals surface area contributed by atoms with Crippen molar-refractivity contribution in [1.29, 1.82) is 0 Å². The van der Waals surface area contributed by atoms with E-state index in [1.807, 2.05) is 11.6 Å². The Bertz CT molecular complexity index is 1250. The van der Waals surface area contributed by atoms with E-state index in [1.54, 1.807) is 30.6 Å². The number of imide groups is 1. The van der Waals surface area contributed by atoms with Crippen molar-refractivity contribution in [3.05, 3.63) is 71.3 Å². The maximum atomic E-state index is 13.3. The lowest BCUT2D eigenvalue weighted by Gasteiger charge is -2.22. The SMILES string of the molecule is Cn1ccnc1Sc1ccc(Cl)cc1NC(=O)CN1C(=O)NC(C)(c2ccc(F)cc2)C1=O. The number of anilines is 1. The summed E-state index contributed by atoms with van der Waals surface area (Å²) in [5.41, 5.74) is -0.567. The first kappa shape index (κ1) is 22.8. The standard InChI is InChI=1S/C22H19ClFN5O3S/c1-22(13-3-6-15(24)7-4-13)19(31)29(20(32)27-22)12-18(30)26-16-11-14(23)5-8-17(16)33-21-25-9-10-28(21)2/h3-11H,12H2,1-2H3,(H,26,30)(H,27,32). The number of rotatable bonds is 6. The van der Waals surface area contributed by atoms with Crippen LogP contribution in [0.15, 0.2) is 64.9 Å². The van der Waals surface area contributed by atoms with Gasteiger partial charge < -0.3 is 15.2 Å². The summed E-state index contributed by atoms with van der Waals surface area (Å²) in [4.78, 5) is 44.1. The number of hydrogen-bond acceptors (Lipinski definition) is 5. The van der Waals surface area contributed by atoms with E-state index in [4.69, 9.17) is 11.6 Å². The zero-order chi connectivity index (χ0) is 23.8. The van der Waals surface area contributed by atoms with Crippen LogP contribution in [0.2, 0.25) is 5.02 Å². The second kappa shape index (κ2) is 8.87. The molecule has 4 amide bonds. The molecule has 3 aromatic rings. The third-order valence-corrected chi connectivity index (χ3v) is 6.58. The molecule has 11 heteroatoms. The lowest BCUT2D eigenvalue weighted by molar-refractivity contribution is -0.133. The van der Waals surface area contributed by atoms with Gasteiger partial charge in [0.15, 0.2) is 5.16 Å². The molecule has 2 heterocycles. The third-order valence-electron chi connectivity index (χ3n) is 5.19. The van der Waals surface area contributed by atoms with Crippen molar-refractivity contribution in [1.82, 2.24) is 19.8 Å². The van der Waals surface area contributed by atoms with Crippen LogP contribution >= 0.6 is 23.4 Å². The van der Waals surface area contributed by atoms with Crippen molar-refractivity contribution < 1.29 is 18.8 Å². The number of nitrogens with zero attached hydrogens (tertiary/aromatic N) is 3. The van der Waals surface area contributed by atoms with E-state index in [-0.39, 0.29) is 0 Å². The first-order valence-electron chi connectivity index (χ1n) is 9.82. The summed E-state index contributed by atoms with van der Waals surface area (Å²) in [6.07, 6.45) is 3.46. The molecule has 1 aliphatic rings. The highest BCUT2D eigenvalue weighted by Gasteiger charge is 2.49. The summed E-state index contributed by atoms with van der Waals surface area (Å²) in [5.74, 6) is -1.65. The second-order valence-electron chi connectivity index (χ2n) is 7.56. The molecule has 0 bridgehead atoms. The van der Waals surface area contributed by atoms with Crippen LogP contribution in [0.4, 0.5) is 14.9 Å². The Kier molecular flexibility index (Phi) is 6.13. The molecular formula is C22H19ClFN5O3S. The summed E-state index contributed by atoms with van der Waals surface area (Å²) in [6, 6.07) is 9.55. The number of halogens is 2. The number of imidazole rings is 1. The number of aromatic nitrogens is 2. The summed E-state index contributed by atoms with van der Waals surface area (Å²) < 4.78 is 15.1. The summed E-state index contributed by atoms with van der Waals surface area (Å²) in [6.45, 7) is 1.01. The monoisotopic (exact) mass is 487 g/mol. The van der Waals surface area contributed by atoms with Gasteiger partial charge in [-0.15, -0.1) is 0 Å². The molecule has 170 valence electrons. The molecule has 2 aromatic carbocycles. The second-order valence-corrected chi connectivity index (χ2v) is 9.01. The predicted octanol–water partition coefficient (Wildman–Crippen LogP) is 3.77. The van der Waals surface area contributed by atoms with Crippen LogP contribution in [0.1, 0.15) is 12.5 Å². The van der Waals surface area contributed by atoms with Crippen molar-refractivity contribution >= 4 is 46.9 Å². The zero-order valence-corrected chi connectivity index (χ0v) is 19.2. The van der Waals surface area contributed by atoms with Crippen LogP contribution in [-0.2, 0) is 22.2 Å². The van der Waals surface area contributed by atoms with Gasteiger partial charge in [-0.25, -0.2) is 14.2 Å². The molecular weight excluding hydrogens is 469 g/mol. The maximum absolute atomic E-state index is 13.3. The number of amides is 4. The molecule has 0 spiro atoms. The first-order chi connectivity index (χ1) is 15.7. The highest BCUT2D eigenvalue weighted by atomic mass is 35.5. The minimum absolute atomic E-state index is 0.411. The molecule has 2 N–H and O–H groups in total. The molecule has 4 rings (SSSR count). The minimum Gasteiger partial charge on any atom is -0.329 e. The van der Waals surface area contributed by atoms with Crippen molar-refractivity contribution in [3.8, 4) is 0 Å². The van der Waals surface area contributed by atoms with Crippen LogP contribution in [0.3, 0.4) is 0 Å². The molecule has 1 unspecified atom stereocenters. The Balaban J connectivity index is 1.51. The first-order valence-corrected chi connectivity index (χ1v) is 11.0. The third kappa shape index (κ3) is 4.57. The number of carbonyl (C=O) groups is 3. The Morgan fingerprint density at radius 1 is 1.24 bits per heavy atom. The van der Waals surface area contributed by atoms with Crippen LogP contribution in [0.5, 0.6) is 0 Å². The zero-order valence-electron chi connectivity index (χ0n) is 17.6. The van der Waals surface area contributed by atoms with E-state index < -0.39 is 35.7 Å². The molecule has 1 saturated heterocycles. The number of urea groups is 1. The van der Waals surface area contributed by atoms with Gasteiger partial charge in [-0.2, -0.15) is 0 Å². The summed E-state index contributed by atoms with van der Waals surface area (Å²) in [7, 11) is 1.85. The molecule has 0 aliphatic carbocycles. The van der Waals surface area contributed by atoms with Crippen molar-refractivity contribution in [2.75, 3.05) is 11.9 Å². The Labute approximate surface area is 198 Å². The molecule has 8 nitrogen and oxygen atoms in total. The van der Waals surface area contributed by atoms with E-state index in [1.165, 1.54) is 43.0 Å². The maximum Gasteiger partial charge on any atom is 0.325 e. The minimum atomic E-state index is -1.40. The average Bonchev–Trinajstić information content (AvgIpc) is 3.26. The number of carbonyl (C=O) groups excluding carboxylic acids is 3. The number of hydrogen-bond donors (Lipinski definition) is 2. The highest BCUT2D eigenvalue weighted by molar-refractivity contribution is 7.99. The average molecular weight is 488 g/mol. The van der Waals surface area contributed by atoms with Gasteiger partial charge in [-0.3, -0.25) is 14.5 Å². The van der Waals surface area contributed by atoms with Gasteiger partial charge in [0, 0.05) is 29.4 Å². The van der Waals surface area contributed by atoms with E-state index in [0.29, 0.717) is 26.3 Å². The van der Waals surface area contributed by atoms with Gasteiger partial charge >= 0.3 is 6.03 Å². The molecule has 1 aliphatic heterocycles. The molecule has 1 aromatic heterocycles. The van der Waals surface area contributed by atoms with Crippen molar-refractivity contribution in [2.24, 2.45) is 7.05 Å². The number of aryl methyl sites for hydroxylation is 1. The lowest BCUT2D eigenvalue weighted by Crippen LogP contribution is -2.42. The van der Waals surface area contributed by atoms with Crippen LogP contribution in [-0.4, -0.2) is 38.8 Å². The molecule has 0 radical (unpaired) electrons. The fourth-order valence-corrected chi connectivity index (χ4v) is 4.43. The van der Waals surface area contributed by atoms with Gasteiger partial charge in [-0.05, 0) is 54.6 Å². The van der Waals surface area contributed by atoms with Crippen LogP contribution < -0.4 is 10.6 Å². The van der Waals surface area contributed by atoms with E-state index >= 15 is 0 Å².